The van der Waals surface area contributed by atoms with E-state index < -0.39 is 0 Å². The Bertz CT molecular complexity index is 249. The van der Waals surface area contributed by atoms with E-state index in [1.165, 1.54) is 12.2 Å². The number of amides is 1. The molecule has 13 heavy (non-hydrogen) atoms. The molecule has 0 saturated heterocycles. The molecular formula is C10H15NO2. The number of carbonyl (C=O) groups is 1. The summed E-state index contributed by atoms with van der Waals surface area (Å²) in [5.41, 5.74) is 0. The van der Waals surface area contributed by atoms with E-state index in [1.807, 2.05) is 0 Å². The lowest BCUT2D eigenvalue weighted by Crippen LogP contribution is -2.33. The minimum atomic E-state index is 0.124. The first-order valence-electron chi connectivity index (χ1n) is 4.72. The number of rotatable bonds is 2. The molecule has 3 nitrogen and oxygen atoms in total. The molecule has 3 atom stereocenters. The molecule has 0 heterocycles. The Morgan fingerprint density at radius 2 is 2.23 bits per heavy atom. The van der Waals surface area contributed by atoms with Gasteiger partial charge in [0.25, 0.3) is 0 Å². The zero-order valence-corrected chi connectivity index (χ0v) is 8.06. The predicted octanol–water partition coefficient (Wildman–Crippen LogP) is 1.22. The maximum Gasteiger partial charge on any atom is 0.249 e. The Kier molecular flexibility index (Phi) is 2.12. The summed E-state index contributed by atoms with van der Waals surface area (Å²) in [6.45, 7) is 0. The van der Waals surface area contributed by atoms with E-state index in [9.17, 15) is 4.79 Å². The summed E-state index contributed by atoms with van der Waals surface area (Å²) < 4.78 is 0. The summed E-state index contributed by atoms with van der Waals surface area (Å²) in [6.07, 6.45) is 6.59. The monoisotopic (exact) mass is 181 g/mol. The normalized spacial score (nSPS) is 35.4. The molecule has 0 aliphatic heterocycles. The molecular weight excluding hydrogens is 166 g/mol. The number of hydrogen-bond acceptors (Lipinski definition) is 2. The van der Waals surface area contributed by atoms with Gasteiger partial charge in [-0.05, 0) is 24.7 Å². The summed E-state index contributed by atoms with van der Waals surface area (Å²) in [4.78, 5) is 16.6. The van der Waals surface area contributed by atoms with Gasteiger partial charge in [-0.25, -0.2) is 5.06 Å². The van der Waals surface area contributed by atoms with Crippen molar-refractivity contribution in [1.82, 2.24) is 5.06 Å². The highest BCUT2D eigenvalue weighted by molar-refractivity contribution is 5.78. The van der Waals surface area contributed by atoms with Gasteiger partial charge in [-0.3, -0.25) is 9.63 Å². The Balaban J connectivity index is 2.03. The Morgan fingerprint density at radius 1 is 1.46 bits per heavy atom. The molecule has 3 heteroatoms. The van der Waals surface area contributed by atoms with E-state index >= 15 is 0 Å². The summed E-state index contributed by atoms with van der Waals surface area (Å²) in [6, 6.07) is 0. The molecule has 1 saturated carbocycles. The lowest BCUT2D eigenvalue weighted by molar-refractivity contribution is -0.174. The van der Waals surface area contributed by atoms with Crippen LogP contribution >= 0.6 is 0 Å². The van der Waals surface area contributed by atoms with Crippen molar-refractivity contribution in [2.24, 2.45) is 17.8 Å². The standard InChI is InChI=1S/C10H15NO2/c1-11(13-2)10(12)9-6-7-3-4-8(9)5-7/h3-4,7-9H,5-6H2,1-2H3. The number of allylic oxidation sites excluding steroid dienone is 2. The summed E-state index contributed by atoms with van der Waals surface area (Å²) >= 11 is 0. The highest BCUT2D eigenvalue weighted by atomic mass is 16.7. The van der Waals surface area contributed by atoms with E-state index in [1.54, 1.807) is 7.05 Å². The van der Waals surface area contributed by atoms with Crippen LogP contribution in [0.25, 0.3) is 0 Å². The zero-order chi connectivity index (χ0) is 9.42. The fourth-order valence-corrected chi connectivity index (χ4v) is 2.39. The van der Waals surface area contributed by atoms with Crippen molar-refractivity contribution in [3.8, 4) is 0 Å². The Morgan fingerprint density at radius 3 is 2.69 bits per heavy atom. The molecule has 0 spiro atoms. The van der Waals surface area contributed by atoms with E-state index in [4.69, 9.17) is 4.84 Å². The van der Waals surface area contributed by atoms with Crippen LogP contribution in [0.15, 0.2) is 12.2 Å². The van der Waals surface area contributed by atoms with Crippen molar-refractivity contribution in [1.29, 1.82) is 0 Å². The number of hydroxylamine groups is 2. The molecule has 0 N–H and O–H groups in total. The van der Waals surface area contributed by atoms with Crippen molar-refractivity contribution >= 4 is 5.91 Å². The average Bonchev–Trinajstić information content (AvgIpc) is 2.76. The first kappa shape index (κ1) is 8.75. The second kappa shape index (κ2) is 3.14. The third-order valence-electron chi connectivity index (χ3n) is 3.18. The van der Waals surface area contributed by atoms with Gasteiger partial charge in [0.1, 0.15) is 0 Å². The zero-order valence-electron chi connectivity index (χ0n) is 8.06. The van der Waals surface area contributed by atoms with Gasteiger partial charge in [-0.1, -0.05) is 12.2 Å². The van der Waals surface area contributed by atoms with Crippen LogP contribution in [-0.2, 0) is 9.63 Å². The number of nitrogens with zero attached hydrogens (tertiary/aromatic N) is 1. The molecule has 3 unspecified atom stereocenters. The van der Waals surface area contributed by atoms with Crippen LogP contribution in [0.4, 0.5) is 0 Å². The van der Waals surface area contributed by atoms with Gasteiger partial charge in [0.15, 0.2) is 0 Å². The molecule has 0 radical (unpaired) electrons. The molecule has 1 amide bonds. The largest absolute Gasteiger partial charge is 0.275 e. The van der Waals surface area contributed by atoms with Crippen LogP contribution in [-0.4, -0.2) is 25.1 Å². The van der Waals surface area contributed by atoms with Crippen LogP contribution < -0.4 is 0 Å². The lowest BCUT2D eigenvalue weighted by atomic mass is 9.93. The summed E-state index contributed by atoms with van der Waals surface area (Å²) in [7, 11) is 3.21. The van der Waals surface area contributed by atoms with Gasteiger partial charge in [-0.2, -0.15) is 0 Å². The molecule has 2 aliphatic carbocycles. The van der Waals surface area contributed by atoms with E-state index in [2.05, 4.69) is 12.2 Å². The van der Waals surface area contributed by atoms with Gasteiger partial charge >= 0.3 is 0 Å². The SMILES string of the molecule is CON(C)C(=O)C1CC2C=CC1C2. The molecule has 2 bridgehead atoms. The predicted molar refractivity (Wildman–Crippen MR) is 48.6 cm³/mol. The van der Waals surface area contributed by atoms with Crippen molar-refractivity contribution in [3.05, 3.63) is 12.2 Å². The number of carbonyl (C=O) groups excluding carboxylic acids is 1. The van der Waals surface area contributed by atoms with E-state index in [0.717, 1.165) is 12.8 Å². The van der Waals surface area contributed by atoms with Crippen LogP contribution in [0, 0.1) is 17.8 Å². The van der Waals surface area contributed by atoms with Gasteiger partial charge < -0.3 is 0 Å². The molecule has 0 aromatic rings. The highest BCUT2D eigenvalue weighted by Crippen LogP contribution is 2.43. The molecule has 0 aromatic heterocycles. The highest BCUT2D eigenvalue weighted by Gasteiger charge is 2.40. The topological polar surface area (TPSA) is 29.5 Å². The first-order chi connectivity index (χ1) is 6.22. The maximum absolute atomic E-state index is 11.7. The maximum atomic E-state index is 11.7. The summed E-state index contributed by atoms with van der Waals surface area (Å²) in [5, 5.41) is 1.35. The van der Waals surface area contributed by atoms with Crippen LogP contribution in [0.1, 0.15) is 12.8 Å². The minimum Gasteiger partial charge on any atom is -0.275 e. The Labute approximate surface area is 78.3 Å². The van der Waals surface area contributed by atoms with Gasteiger partial charge in [0.05, 0.1) is 7.11 Å². The fraction of sp³-hybridized carbons (Fsp3) is 0.700. The van der Waals surface area contributed by atoms with Crippen molar-refractivity contribution in [3.63, 3.8) is 0 Å². The lowest BCUT2D eigenvalue weighted by Gasteiger charge is -2.22. The second-order valence-corrected chi connectivity index (χ2v) is 3.91. The van der Waals surface area contributed by atoms with Crippen molar-refractivity contribution < 1.29 is 9.63 Å². The fourth-order valence-electron chi connectivity index (χ4n) is 2.39. The van der Waals surface area contributed by atoms with Gasteiger partial charge in [0.2, 0.25) is 5.91 Å². The van der Waals surface area contributed by atoms with Crippen LogP contribution in [0.2, 0.25) is 0 Å². The van der Waals surface area contributed by atoms with Gasteiger partial charge in [0, 0.05) is 13.0 Å². The molecule has 2 rings (SSSR count). The quantitative estimate of drug-likeness (QED) is 0.473. The molecule has 72 valence electrons. The molecule has 0 aromatic carbocycles. The Hall–Kier alpha value is -0.830. The van der Waals surface area contributed by atoms with E-state index in [0.29, 0.717) is 11.8 Å². The third-order valence-corrected chi connectivity index (χ3v) is 3.18. The third kappa shape index (κ3) is 1.37. The number of hydrogen-bond donors (Lipinski definition) is 0. The smallest absolute Gasteiger partial charge is 0.249 e. The van der Waals surface area contributed by atoms with E-state index in [-0.39, 0.29) is 11.8 Å². The minimum absolute atomic E-state index is 0.124. The average molecular weight is 181 g/mol. The molecule has 2 aliphatic rings. The second-order valence-electron chi connectivity index (χ2n) is 3.91. The molecule has 1 fully saturated rings. The number of fused-ring (bicyclic) bond motifs is 2. The van der Waals surface area contributed by atoms with Crippen LogP contribution in [0.5, 0.6) is 0 Å². The summed E-state index contributed by atoms with van der Waals surface area (Å²) in [5.74, 6) is 1.40. The van der Waals surface area contributed by atoms with Crippen LogP contribution in [0.3, 0.4) is 0 Å². The van der Waals surface area contributed by atoms with Crippen molar-refractivity contribution in [2.45, 2.75) is 12.8 Å². The van der Waals surface area contributed by atoms with Crippen molar-refractivity contribution in [2.75, 3.05) is 14.2 Å². The first-order valence-corrected chi connectivity index (χ1v) is 4.72. The van der Waals surface area contributed by atoms with Gasteiger partial charge in [-0.15, -0.1) is 0 Å².